The van der Waals surface area contributed by atoms with Gasteiger partial charge in [0.25, 0.3) is 0 Å². The molecule has 0 amide bonds. The van der Waals surface area contributed by atoms with E-state index in [9.17, 15) is 14.4 Å². The third-order valence-electron chi connectivity index (χ3n) is 9.80. The number of allylic oxidation sites excluding steroid dienone is 14. The Hall–Kier alpha value is -3.41. The molecule has 0 saturated carbocycles. The summed E-state index contributed by atoms with van der Waals surface area (Å²) in [7, 11) is 0. The fraction of sp³-hybridized carbons (Fsp3) is 0.673. The van der Waals surface area contributed by atoms with Crippen molar-refractivity contribution in [3.05, 3.63) is 85.1 Å². The zero-order valence-corrected chi connectivity index (χ0v) is 37.5. The van der Waals surface area contributed by atoms with Crippen LogP contribution in [0.1, 0.15) is 207 Å². The van der Waals surface area contributed by atoms with E-state index >= 15 is 0 Å². The molecule has 1 unspecified atom stereocenters. The van der Waals surface area contributed by atoms with Crippen LogP contribution in [0.2, 0.25) is 0 Å². The molecule has 0 heterocycles. The summed E-state index contributed by atoms with van der Waals surface area (Å²) < 4.78 is 16.7. The van der Waals surface area contributed by atoms with Crippen molar-refractivity contribution in [1.29, 1.82) is 0 Å². The maximum atomic E-state index is 12.7. The van der Waals surface area contributed by atoms with Gasteiger partial charge in [0.05, 0.1) is 0 Å². The van der Waals surface area contributed by atoms with Crippen LogP contribution in [0.4, 0.5) is 0 Å². The van der Waals surface area contributed by atoms with Crippen LogP contribution in [-0.4, -0.2) is 37.2 Å². The predicted molar refractivity (Wildman–Crippen MR) is 247 cm³/mol. The van der Waals surface area contributed by atoms with E-state index in [0.717, 1.165) is 83.5 Å². The van der Waals surface area contributed by atoms with Gasteiger partial charge in [-0.2, -0.15) is 0 Å². The molecular formula is C52H86O6. The van der Waals surface area contributed by atoms with Crippen LogP contribution in [0.15, 0.2) is 85.1 Å². The van der Waals surface area contributed by atoms with Crippen LogP contribution in [0.25, 0.3) is 0 Å². The predicted octanol–water partition coefficient (Wildman–Crippen LogP) is 15.3. The third kappa shape index (κ3) is 43.7. The lowest BCUT2D eigenvalue weighted by atomic mass is 10.1. The summed E-state index contributed by atoms with van der Waals surface area (Å²) in [6.45, 7) is 6.40. The standard InChI is InChI=1S/C52H86O6/c1-4-7-10-13-16-19-22-24-25-26-27-28-31-33-36-39-42-45-51(54)57-48-49(47-56-50(53)44-41-38-35-32-29-21-18-15-12-9-6-3)58-52(55)46-43-40-37-34-30-23-20-17-14-11-8-5-2/h7,10,13,16-17,19-20,22,24-28,31,49H,4-6,8-9,11-12,14-15,18,21,23,29-30,32-48H2,1-3H3/b10-7-,16-13-,20-17-,22-19-,25-24-,27-26+,31-28-. The second-order valence-corrected chi connectivity index (χ2v) is 15.4. The SMILES string of the molecule is CC\C=C/C=C\C=C/C=C\C=C\C=C/CCCCCC(=O)OCC(COC(=O)CCCCCCCCCCCCC)OC(=O)CCCCCCC/C=C\CCCCC. The number of hydrogen-bond acceptors (Lipinski definition) is 6. The van der Waals surface area contributed by atoms with Gasteiger partial charge in [0.1, 0.15) is 13.2 Å². The van der Waals surface area contributed by atoms with E-state index in [1.165, 1.54) is 83.5 Å². The molecule has 0 aromatic heterocycles. The first-order chi connectivity index (χ1) is 28.5. The second kappa shape index (κ2) is 46.3. The van der Waals surface area contributed by atoms with Crippen molar-refractivity contribution in [2.45, 2.75) is 213 Å². The summed E-state index contributed by atoms with van der Waals surface area (Å²) in [5, 5.41) is 0. The molecule has 0 aliphatic carbocycles. The Bertz CT molecular complexity index is 1160. The van der Waals surface area contributed by atoms with Crippen molar-refractivity contribution >= 4 is 17.9 Å². The number of hydrogen-bond donors (Lipinski definition) is 0. The molecular weight excluding hydrogens is 721 g/mol. The van der Waals surface area contributed by atoms with E-state index in [2.05, 4.69) is 45.1 Å². The van der Waals surface area contributed by atoms with Gasteiger partial charge in [-0.3, -0.25) is 14.4 Å². The second-order valence-electron chi connectivity index (χ2n) is 15.4. The van der Waals surface area contributed by atoms with E-state index in [-0.39, 0.29) is 31.1 Å². The van der Waals surface area contributed by atoms with Crippen molar-refractivity contribution in [1.82, 2.24) is 0 Å². The van der Waals surface area contributed by atoms with Crippen molar-refractivity contribution in [2.24, 2.45) is 0 Å². The normalized spacial score (nSPS) is 12.8. The summed E-state index contributed by atoms with van der Waals surface area (Å²) in [6.07, 6.45) is 58.4. The highest BCUT2D eigenvalue weighted by Crippen LogP contribution is 2.14. The molecule has 0 fully saturated rings. The fourth-order valence-electron chi connectivity index (χ4n) is 6.23. The number of ether oxygens (including phenoxy) is 3. The molecule has 0 aliphatic rings. The van der Waals surface area contributed by atoms with E-state index < -0.39 is 6.10 Å². The Morgan fingerprint density at radius 1 is 0.362 bits per heavy atom. The average Bonchev–Trinajstić information content (AvgIpc) is 3.22. The fourth-order valence-corrected chi connectivity index (χ4v) is 6.23. The maximum Gasteiger partial charge on any atom is 0.306 e. The molecule has 0 spiro atoms. The minimum Gasteiger partial charge on any atom is -0.462 e. The van der Waals surface area contributed by atoms with Crippen molar-refractivity contribution < 1.29 is 28.6 Å². The van der Waals surface area contributed by atoms with Gasteiger partial charge in [-0.15, -0.1) is 0 Å². The van der Waals surface area contributed by atoms with Crippen LogP contribution in [0, 0.1) is 0 Å². The van der Waals surface area contributed by atoms with Gasteiger partial charge < -0.3 is 14.2 Å². The number of rotatable bonds is 41. The molecule has 0 aromatic rings. The van der Waals surface area contributed by atoms with E-state index in [0.29, 0.717) is 19.3 Å². The first-order valence-electron chi connectivity index (χ1n) is 23.7. The van der Waals surface area contributed by atoms with Gasteiger partial charge in [-0.25, -0.2) is 0 Å². The number of carbonyl (C=O) groups excluding carboxylic acids is 3. The Labute approximate surface area is 356 Å². The molecule has 0 saturated heterocycles. The average molecular weight is 807 g/mol. The van der Waals surface area contributed by atoms with Gasteiger partial charge in [0, 0.05) is 19.3 Å². The molecule has 1 atom stereocenters. The number of esters is 3. The lowest BCUT2D eigenvalue weighted by Gasteiger charge is -2.18. The zero-order valence-electron chi connectivity index (χ0n) is 37.5. The van der Waals surface area contributed by atoms with Crippen LogP contribution in [0.3, 0.4) is 0 Å². The molecule has 6 heteroatoms. The summed E-state index contributed by atoms with van der Waals surface area (Å²) >= 11 is 0. The van der Waals surface area contributed by atoms with Crippen molar-refractivity contribution in [3.63, 3.8) is 0 Å². The van der Waals surface area contributed by atoms with Crippen molar-refractivity contribution in [3.8, 4) is 0 Å². The quantitative estimate of drug-likeness (QED) is 0.0201. The highest BCUT2D eigenvalue weighted by molar-refractivity contribution is 5.71. The highest BCUT2D eigenvalue weighted by Gasteiger charge is 2.19. The first kappa shape index (κ1) is 54.6. The lowest BCUT2D eigenvalue weighted by molar-refractivity contribution is -0.167. The molecule has 0 bridgehead atoms. The molecule has 0 N–H and O–H groups in total. The van der Waals surface area contributed by atoms with Crippen LogP contribution in [0.5, 0.6) is 0 Å². The third-order valence-corrected chi connectivity index (χ3v) is 9.80. The van der Waals surface area contributed by atoms with Gasteiger partial charge in [0.2, 0.25) is 0 Å². The smallest absolute Gasteiger partial charge is 0.306 e. The topological polar surface area (TPSA) is 78.9 Å². The largest absolute Gasteiger partial charge is 0.462 e. The Morgan fingerprint density at radius 3 is 1.16 bits per heavy atom. The van der Waals surface area contributed by atoms with Crippen LogP contribution >= 0.6 is 0 Å². The van der Waals surface area contributed by atoms with Gasteiger partial charge in [0.15, 0.2) is 6.10 Å². The summed E-state index contributed by atoms with van der Waals surface area (Å²) in [5.74, 6) is -0.954. The summed E-state index contributed by atoms with van der Waals surface area (Å²) in [6, 6.07) is 0. The summed E-state index contributed by atoms with van der Waals surface area (Å²) in [5.41, 5.74) is 0. The van der Waals surface area contributed by atoms with Gasteiger partial charge in [-0.05, 0) is 64.2 Å². The molecule has 0 aromatic carbocycles. The van der Waals surface area contributed by atoms with Gasteiger partial charge >= 0.3 is 17.9 Å². The summed E-state index contributed by atoms with van der Waals surface area (Å²) in [4.78, 5) is 37.8. The molecule has 330 valence electrons. The Morgan fingerprint density at radius 2 is 0.690 bits per heavy atom. The number of unbranched alkanes of at least 4 members (excludes halogenated alkanes) is 21. The zero-order chi connectivity index (χ0) is 42.3. The minimum atomic E-state index is -0.796. The van der Waals surface area contributed by atoms with E-state index in [4.69, 9.17) is 14.2 Å². The lowest BCUT2D eigenvalue weighted by Crippen LogP contribution is -2.30. The Balaban J connectivity index is 4.49. The Kier molecular flexibility index (Phi) is 43.6. The molecule has 58 heavy (non-hydrogen) atoms. The molecule has 0 radical (unpaired) electrons. The van der Waals surface area contributed by atoms with E-state index in [1.807, 2.05) is 60.8 Å². The number of carbonyl (C=O) groups is 3. The monoisotopic (exact) mass is 807 g/mol. The van der Waals surface area contributed by atoms with E-state index in [1.54, 1.807) is 0 Å². The van der Waals surface area contributed by atoms with Gasteiger partial charge in [-0.1, -0.05) is 209 Å². The first-order valence-corrected chi connectivity index (χ1v) is 23.7. The molecule has 0 rings (SSSR count). The highest BCUT2D eigenvalue weighted by atomic mass is 16.6. The molecule has 0 aliphatic heterocycles. The molecule has 6 nitrogen and oxygen atoms in total. The van der Waals surface area contributed by atoms with Crippen LogP contribution < -0.4 is 0 Å². The minimum absolute atomic E-state index is 0.0938. The maximum absolute atomic E-state index is 12.7. The van der Waals surface area contributed by atoms with Crippen LogP contribution in [-0.2, 0) is 28.6 Å². The van der Waals surface area contributed by atoms with Crippen molar-refractivity contribution in [2.75, 3.05) is 13.2 Å².